The molecule has 1 aromatic carbocycles. The molecule has 0 unspecified atom stereocenters. The van der Waals surface area contributed by atoms with Crippen LogP contribution in [0.1, 0.15) is 17.7 Å². The van der Waals surface area contributed by atoms with Gasteiger partial charge in [0.05, 0.1) is 15.6 Å². The minimum atomic E-state index is -0.384. The van der Waals surface area contributed by atoms with Crippen LogP contribution in [0.15, 0.2) is 29.8 Å². The number of carbonyl (C=O) groups excluding carboxylic acids is 1. The molecule has 1 fully saturated rings. The van der Waals surface area contributed by atoms with Crippen LogP contribution in [-0.2, 0) is 4.79 Å². The van der Waals surface area contributed by atoms with E-state index in [4.69, 9.17) is 23.2 Å². The van der Waals surface area contributed by atoms with Gasteiger partial charge in [0.2, 0.25) is 0 Å². The summed E-state index contributed by atoms with van der Waals surface area (Å²) in [7, 11) is 0. The lowest BCUT2D eigenvalue weighted by molar-refractivity contribution is -0.117. The Labute approximate surface area is 152 Å². The molecule has 3 rings (SSSR count). The lowest BCUT2D eigenvalue weighted by Gasteiger charge is -2.03. The van der Waals surface area contributed by atoms with Crippen molar-refractivity contribution in [2.75, 3.05) is 5.32 Å². The fraction of sp³-hybridized carbons (Fsp3) is 0.188. The molecule has 1 heterocycles. The first-order valence-electron chi connectivity index (χ1n) is 7.17. The van der Waals surface area contributed by atoms with E-state index in [1.54, 1.807) is 6.07 Å². The Bertz CT molecular complexity index is 852. The standard InChI is InChI=1S/C16H12Cl2N4OS/c17-11-3-1-2-4-12(11)21-16-22-14(18)13(24-16)7-9(8-19)15(23)20-10-5-6-10/h1-4,7,10H,5-6H2,(H,20,23)(H,21,22)/b9-7+. The fourth-order valence-electron chi connectivity index (χ4n) is 1.90. The molecule has 0 spiro atoms. The molecule has 8 heteroatoms. The van der Waals surface area contributed by atoms with E-state index >= 15 is 0 Å². The Balaban J connectivity index is 1.80. The van der Waals surface area contributed by atoms with Gasteiger partial charge in [0.15, 0.2) is 5.13 Å². The van der Waals surface area contributed by atoms with E-state index in [-0.39, 0.29) is 22.7 Å². The molecule has 0 atom stereocenters. The van der Waals surface area contributed by atoms with Gasteiger partial charge in [-0.1, -0.05) is 46.7 Å². The summed E-state index contributed by atoms with van der Waals surface area (Å²) in [5.41, 5.74) is 0.712. The third-order valence-corrected chi connectivity index (χ3v) is 4.93. The maximum atomic E-state index is 12.0. The van der Waals surface area contributed by atoms with Crippen LogP contribution in [0.25, 0.3) is 6.08 Å². The van der Waals surface area contributed by atoms with Crippen molar-refractivity contribution in [2.24, 2.45) is 0 Å². The Morgan fingerprint density at radius 2 is 2.12 bits per heavy atom. The number of nitriles is 1. The van der Waals surface area contributed by atoms with Crippen LogP contribution in [0.5, 0.6) is 0 Å². The average molecular weight is 379 g/mol. The van der Waals surface area contributed by atoms with Crippen LogP contribution >= 0.6 is 34.5 Å². The molecule has 1 amide bonds. The van der Waals surface area contributed by atoms with Crippen molar-refractivity contribution >= 4 is 57.3 Å². The molecular formula is C16H12Cl2N4OS. The zero-order valence-electron chi connectivity index (χ0n) is 12.3. The molecular weight excluding hydrogens is 367 g/mol. The van der Waals surface area contributed by atoms with Crippen LogP contribution in [0.3, 0.4) is 0 Å². The number of nitrogens with one attached hydrogen (secondary N) is 2. The molecule has 5 nitrogen and oxygen atoms in total. The highest BCUT2D eigenvalue weighted by Gasteiger charge is 2.25. The number of nitrogens with zero attached hydrogens (tertiary/aromatic N) is 2. The molecule has 0 saturated heterocycles. The second kappa shape index (κ2) is 7.22. The number of para-hydroxylation sites is 1. The van der Waals surface area contributed by atoms with E-state index in [1.807, 2.05) is 24.3 Å². The van der Waals surface area contributed by atoms with Crippen LogP contribution in [0.2, 0.25) is 10.2 Å². The summed E-state index contributed by atoms with van der Waals surface area (Å²) in [5, 5.41) is 16.3. The zero-order valence-corrected chi connectivity index (χ0v) is 14.7. The SMILES string of the molecule is N#C/C(=C\c1sc(Nc2ccccc2Cl)nc1Cl)C(=O)NC1CC1. The number of carbonyl (C=O) groups is 1. The first-order chi connectivity index (χ1) is 11.6. The van der Waals surface area contributed by atoms with Gasteiger partial charge in [-0.15, -0.1) is 0 Å². The van der Waals surface area contributed by atoms with Crippen molar-refractivity contribution in [3.8, 4) is 6.07 Å². The van der Waals surface area contributed by atoms with Gasteiger partial charge >= 0.3 is 0 Å². The number of thiazole rings is 1. The largest absolute Gasteiger partial charge is 0.349 e. The molecule has 1 aliphatic rings. The highest BCUT2D eigenvalue weighted by molar-refractivity contribution is 7.17. The third kappa shape index (κ3) is 4.06. The highest BCUT2D eigenvalue weighted by Crippen LogP contribution is 2.33. The fourth-order valence-corrected chi connectivity index (χ4v) is 3.20. The lowest BCUT2D eigenvalue weighted by Crippen LogP contribution is -2.26. The van der Waals surface area contributed by atoms with E-state index in [9.17, 15) is 10.1 Å². The van der Waals surface area contributed by atoms with E-state index in [1.165, 1.54) is 17.4 Å². The Kier molecular flexibility index (Phi) is 5.05. The predicted molar refractivity (Wildman–Crippen MR) is 96.6 cm³/mol. The third-order valence-electron chi connectivity index (χ3n) is 3.28. The van der Waals surface area contributed by atoms with Crippen LogP contribution < -0.4 is 10.6 Å². The second-order valence-corrected chi connectivity index (χ2v) is 6.99. The molecule has 2 aromatic rings. The van der Waals surface area contributed by atoms with Crippen LogP contribution in [0.4, 0.5) is 10.8 Å². The van der Waals surface area contributed by atoms with Gasteiger partial charge in [-0.2, -0.15) is 5.26 Å². The molecule has 1 saturated carbocycles. The molecule has 1 aromatic heterocycles. The maximum Gasteiger partial charge on any atom is 0.262 e. The maximum absolute atomic E-state index is 12.0. The van der Waals surface area contributed by atoms with Crippen LogP contribution in [-0.4, -0.2) is 16.9 Å². The Hall–Kier alpha value is -2.07. The van der Waals surface area contributed by atoms with E-state index in [2.05, 4.69) is 15.6 Å². The van der Waals surface area contributed by atoms with Gasteiger partial charge in [0, 0.05) is 6.04 Å². The topological polar surface area (TPSA) is 77.8 Å². The first-order valence-corrected chi connectivity index (χ1v) is 8.74. The number of benzene rings is 1. The second-order valence-electron chi connectivity index (χ2n) is 5.20. The summed E-state index contributed by atoms with van der Waals surface area (Å²) in [6, 6.07) is 9.34. The summed E-state index contributed by atoms with van der Waals surface area (Å²) < 4.78 is 0. The summed E-state index contributed by atoms with van der Waals surface area (Å²) in [6.07, 6.45) is 3.37. The molecule has 122 valence electrons. The summed E-state index contributed by atoms with van der Waals surface area (Å²) in [6.45, 7) is 0. The van der Waals surface area contributed by atoms with Gasteiger partial charge < -0.3 is 10.6 Å². The van der Waals surface area contributed by atoms with Gasteiger partial charge in [-0.25, -0.2) is 4.98 Å². The normalized spacial score (nSPS) is 14.1. The van der Waals surface area contributed by atoms with Crippen molar-refractivity contribution in [3.05, 3.63) is 44.9 Å². The van der Waals surface area contributed by atoms with Crippen molar-refractivity contribution in [1.82, 2.24) is 10.3 Å². The number of hydrogen-bond acceptors (Lipinski definition) is 5. The average Bonchev–Trinajstić information content (AvgIpc) is 3.30. The quantitative estimate of drug-likeness (QED) is 0.597. The van der Waals surface area contributed by atoms with Crippen molar-refractivity contribution in [3.63, 3.8) is 0 Å². The Morgan fingerprint density at radius 3 is 2.79 bits per heavy atom. The molecule has 0 aliphatic heterocycles. The van der Waals surface area contributed by atoms with Crippen molar-refractivity contribution in [1.29, 1.82) is 5.26 Å². The number of rotatable bonds is 5. The number of halogens is 2. The zero-order chi connectivity index (χ0) is 17.1. The van der Waals surface area contributed by atoms with Gasteiger partial charge in [-0.05, 0) is 31.1 Å². The minimum Gasteiger partial charge on any atom is -0.349 e. The number of anilines is 2. The van der Waals surface area contributed by atoms with Gasteiger partial charge in [0.25, 0.3) is 5.91 Å². The van der Waals surface area contributed by atoms with E-state index in [0.29, 0.717) is 20.7 Å². The summed E-state index contributed by atoms with van der Waals surface area (Å²) in [5.74, 6) is -0.384. The Morgan fingerprint density at radius 1 is 1.38 bits per heavy atom. The first kappa shape index (κ1) is 16.8. The van der Waals surface area contributed by atoms with Crippen molar-refractivity contribution < 1.29 is 4.79 Å². The molecule has 1 aliphatic carbocycles. The van der Waals surface area contributed by atoms with Crippen molar-refractivity contribution in [2.45, 2.75) is 18.9 Å². The molecule has 24 heavy (non-hydrogen) atoms. The molecule has 0 radical (unpaired) electrons. The minimum absolute atomic E-state index is 0.0109. The van der Waals surface area contributed by atoms with Gasteiger partial charge in [0.1, 0.15) is 16.8 Å². The van der Waals surface area contributed by atoms with E-state index in [0.717, 1.165) is 12.8 Å². The van der Waals surface area contributed by atoms with Crippen LogP contribution in [0, 0.1) is 11.3 Å². The predicted octanol–water partition coefficient (Wildman–Crippen LogP) is 4.38. The monoisotopic (exact) mass is 378 g/mol. The highest BCUT2D eigenvalue weighted by atomic mass is 35.5. The smallest absolute Gasteiger partial charge is 0.262 e. The number of hydrogen-bond donors (Lipinski definition) is 2. The summed E-state index contributed by atoms with van der Waals surface area (Å²) >= 11 is 13.5. The van der Waals surface area contributed by atoms with Gasteiger partial charge in [-0.3, -0.25) is 4.79 Å². The lowest BCUT2D eigenvalue weighted by atomic mass is 10.2. The molecule has 2 N–H and O–H groups in total. The molecule has 0 bridgehead atoms. The summed E-state index contributed by atoms with van der Waals surface area (Å²) in [4.78, 5) is 16.7. The number of amides is 1. The number of aromatic nitrogens is 1. The van der Waals surface area contributed by atoms with E-state index < -0.39 is 0 Å².